The topological polar surface area (TPSA) is 94.6 Å². The maximum Gasteiger partial charge on any atom is 0.254 e. The monoisotopic (exact) mass is 415 g/mol. The Kier molecular flexibility index (Phi) is 6.72. The second kappa shape index (κ2) is 9.25. The number of rotatable bonds is 7. The van der Waals surface area contributed by atoms with Gasteiger partial charge in [-0.05, 0) is 49.6 Å². The van der Waals surface area contributed by atoms with Crippen LogP contribution in [0, 0.1) is 18.3 Å². The Hall–Kier alpha value is -2.63. The van der Waals surface area contributed by atoms with E-state index >= 15 is 0 Å². The van der Waals surface area contributed by atoms with E-state index in [2.05, 4.69) is 6.07 Å². The lowest BCUT2D eigenvalue weighted by atomic mass is 10.1. The van der Waals surface area contributed by atoms with Crippen LogP contribution < -0.4 is 0 Å². The fourth-order valence-corrected chi connectivity index (χ4v) is 4.99. The SMILES string of the molecule is Cc1ccc(S(=O)(=O)N2CCCCC2)cc1C(=O)N(CCC#N)Cc1ccco1. The molecule has 0 unspecified atom stereocenters. The smallest absolute Gasteiger partial charge is 0.254 e. The summed E-state index contributed by atoms with van der Waals surface area (Å²) in [6, 6.07) is 10.2. The van der Waals surface area contributed by atoms with Gasteiger partial charge in [-0.1, -0.05) is 12.5 Å². The van der Waals surface area contributed by atoms with Gasteiger partial charge in [0.1, 0.15) is 5.76 Å². The molecule has 0 saturated carbocycles. The first-order valence-corrected chi connectivity index (χ1v) is 11.2. The summed E-state index contributed by atoms with van der Waals surface area (Å²) in [4.78, 5) is 14.9. The molecule has 1 aliphatic heterocycles. The molecule has 0 bridgehead atoms. The first-order chi connectivity index (χ1) is 13.9. The molecule has 1 fully saturated rings. The molecule has 1 aromatic carbocycles. The number of sulfonamides is 1. The highest BCUT2D eigenvalue weighted by Gasteiger charge is 2.28. The average Bonchev–Trinajstić information content (AvgIpc) is 3.24. The molecule has 29 heavy (non-hydrogen) atoms. The zero-order valence-electron chi connectivity index (χ0n) is 16.5. The van der Waals surface area contributed by atoms with Crippen LogP contribution in [-0.2, 0) is 16.6 Å². The van der Waals surface area contributed by atoms with E-state index in [9.17, 15) is 13.2 Å². The molecule has 0 radical (unpaired) electrons. The molecule has 0 N–H and O–H groups in total. The fourth-order valence-electron chi connectivity index (χ4n) is 3.44. The Morgan fingerprint density at radius 2 is 2.00 bits per heavy atom. The van der Waals surface area contributed by atoms with Gasteiger partial charge in [-0.3, -0.25) is 4.79 Å². The summed E-state index contributed by atoms with van der Waals surface area (Å²) < 4.78 is 32.9. The molecule has 1 amide bonds. The molecule has 1 saturated heterocycles. The number of hydrogen-bond donors (Lipinski definition) is 0. The van der Waals surface area contributed by atoms with Crippen molar-refractivity contribution in [1.29, 1.82) is 5.26 Å². The number of carbonyl (C=O) groups is 1. The lowest BCUT2D eigenvalue weighted by Crippen LogP contribution is -2.36. The van der Waals surface area contributed by atoms with E-state index < -0.39 is 10.0 Å². The predicted molar refractivity (Wildman–Crippen MR) is 107 cm³/mol. The lowest BCUT2D eigenvalue weighted by Gasteiger charge is -2.26. The Morgan fingerprint density at radius 3 is 2.66 bits per heavy atom. The molecule has 2 aromatic rings. The summed E-state index contributed by atoms with van der Waals surface area (Å²) in [5.41, 5.74) is 1.02. The van der Waals surface area contributed by atoms with Crippen LogP contribution in [0.3, 0.4) is 0 Å². The molecule has 1 aliphatic rings. The minimum atomic E-state index is -3.64. The summed E-state index contributed by atoms with van der Waals surface area (Å²) in [5.74, 6) is 0.288. The number of nitrogens with zero attached hydrogens (tertiary/aromatic N) is 3. The highest BCUT2D eigenvalue weighted by atomic mass is 32.2. The van der Waals surface area contributed by atoms with Crippen molar-refractivity contribution in [3.63, 3.8) is 0 Å². The highest BCUT2D eigenvalue weighted by Crippen LogP contribution is 2.24. The van der Waals surface area contributed by atoms with Gasteiger partial charge in [0.15, 0.2) is 0 Å². The van der Waals surface area contributed by atoms with Gasteiger partial charge in [0, 0.05) is 25.2 Å². The molecule has 154 valence electrons. The standard InChI is InChI=1S/C21H25N3O4S/c1-17-8-9-19(29(26,27)24-12-3-2-4-13-24)15-20(17)21(25)23(11-6-10-22)16-18-7-5-14-28-18/h5,7-9,14-15H,2-4,6,11-13,16H2,1H3. The molecule has 3 rings (SSSR count). The van der Waals surface area contributed by atoms with Crippen molar-refractivity contribution < 1.29 is 17.6 Å². The highest BCUT2D eigenvalue weighted by molar-refractivity contribution is 7.89. The van der Waals surface area contributed by atoms with E-state index in [4.69, 9.17) is 9.68 Å². The summed E-state index contributed by atoms with van der Waals surface area (Å²) in [6.45, 7) is 3.24. The Labute approximate surface area is 171 Å². The van der Waals surface area contributed by atoms with E-state index in [0.717, 1.165) is 19.3 Å². The van der Waals surface area contributed by atoms with E-state index in [0.29, 0.717) is 30.0 Å². The summed E-state index contributed by atoms with van der Waals surface area (Å²) >= 11 is 0. The normalized spacial score (nSPS) is 15.0. The Balaban J connectivity index is 1.90. The largest absolute Gasteiger partial charge is 0.467 e. The maximum absolute atomic E-state index is 13.2. The third-order valence-electron chi connectivity index (χ3n) is 5.10. The van der Waals surface area contributed by atoms with E-state index in [1.807, 2.05) is 0 Å². The van der Waals surface area contributed by atoms with E-state index in [1.54, 1.807) is 31.2 Å². The molecule has 0 aliphatic carbocycles. The van der Waals surface area contributed by atoms with Gasteiger partial charge in [0.05, 0.1) is 30.2 Å². The van der Waals surface area contributed by atoms with Gasteiger partial charge >= 0.3 is 0 Å². The zero-order chi connectivity index (χ0) is 20.9. The van der Waals surface area contributed by atoms with Crippen LogP contribution in [0.15, 0.2) is 45.9 Å². The van der Waals surface area contributed by atoms with Gasteiger partial charge in [0.25, 0.3) is 5.91 Å². The van der Waals surface area contributed by atoms with Crippen molar-refractivity contribution in [2.24, 2.45) is 0 Å². The number of piperidine rings is 1. The second-order valence-corrected chi connectivity index (χ2v) is 9.09. The molecular weight excluding hydrogens is 390 g/mol. The van der Waals surface area contributed by atoms with Gasteiger partial charge in [0.2, 0.25) is 10.0 Å². The number of carbonyl (C=O) groups excluding carboxylic acids is 1. The Bertz CT molecular complexity index is 987. The molecule has 2 heterocycles. The minimum absolute atomic E-state index is 0.131. The zero-order valence-corrected chi connectivity index (χ0v) is 17.3. The first-order valence-electron chi connectivity index (χ1n) is 9.73. The number of furan rings is 1. The van der Waals surface area contributed by atoms with Crippen LogP contribution in [0.5, 0.6) is 0 Å². The van der Waals surface area contributed by atoms with Gasteiger partial charge in [-0.2, -0.15) is 9.57 Å². The lowest BCUT2D eigenvalue weighted by molar-refractivity contribution is 0.0734. The van der Waals surface area contributed by atoms with E-state index in [-0.39, 0.29) is 30.3 Å². The third kappa shape index (κ3) is 4.86. The molecular formula is C21H25N3O4S. The van der Waals surface area contributed by atoms with Crippen LogP contribution >= 0.6 is 0 Å². The van der Waals surface area contributed by atoms with Crippen molar-refractivity contribution in [1.82, 2.24) is 9.21 Å². The van der Waals surface area contributed by atoms with Crippen molar-refractivity contribution in [2.45, 2.75) is 44.0 Å². The average molecular weight is 416 g/mol. The quantitative estimate of drug-likeness (QED) is 0.691. The number of hydrogen-bond acceptors (Lipinski definition) is 5. The number of aryl methyl sites for hydroxylation is 1. The Morgan fingerprint density at radius 1 is 1.24 bits per heavy atom. The van der Waals surface area contributed by atoms with Crippen LogP contribution in [0.25, 0.3) is 0 Å². The van der Waals surface area contributed by atoms with Crippen LogP contribution in [0.4, 0.5) is 0 Å². The number of benzene rings is 1. The summed E-state index contributed by atoms with van der Waals surface area (Å²) in [5, 5.41) is 8.95. The molecule has 0 spiro atoms. The minimum Gasteiger partial charge on any atom is -0.467 e. The van der Waals surface area contributed by atoms with Crippen LogP contribution in [0.2, 0.25) is 0 Å². The fraction of sp³-hybridized carbons (Fsp3) is 0.429. The molecule has 0 atom stereocenters. The first kappa shape index (κ1) is 21.1. The van der Waals surface area contributed by atoms with E-state index in [1.165, 1.54) is 21.5 Å². The maximum atomic E-state index is 13.2. The second-order valence-electron chi connectivity index (χ2n) is 7.16. The molecule has 1 aromatic heterocycles. The molecule has 8 heteroatoms. The third-order valence-corrected chi connectivity index (χ3v) is 6.99. The van der Waals surface area contributed by atoms with Gasteiger partial charge < -0.3 is 9.32 Å². The van der Waals surface area contributed by atoms with Crippen LogP contribution in [0.1, 0.15) is 47.4 Å². The van der Waals surface area contributed by atoms with Gasteiger partial charge in [-0.15, -0.1) is 0 Å². The summed E-state index contributed by atoms with van der Waals surface area (Å²) in [6.07, 6.45) is 4.44. The summed E-state index contributed by atoms with van der Waals surface area (Å²) in [7, 11) is -3.64. The van der Waals surface area contributed by atoms with Gasteiger partial charge in [-0.25, -0.2) is 8.42 Å². The number of nitriles is 1. The molecule has 7 nitrogen and oxygen atoms in total. The van der Waals surface area contributed by atoms with Crippen molar-refractivity contribution in [3.05, 3.63) is 53.5 Å². The van der Waals surface area contributed by atoms with Crippen molar-refractivity contribution >= 4 is 15.9 Å². The van der Waals surface area contributed by atoms with Crippen molar-refractivity contribution in [3.8, 4) is 6.07 Å². The van der Waals surface area contributed by atoms with Crippen molar-refractivity contribution in [2.75, 3.05) is 19.6 Å². The van der Waals surface area contributed by atoms with Crippen LogP contribution in [-0.4, -0.2) is 43.2 Å². The number of amides is 1. The predicted octanol–water partition coefficient (Wildman–Crippen LogP) is 3.32.